The van der Waals surface area contributed by atoms with Crippen molar-refractivity contribution in [1.29, 1.82) is 0 Å². The monoisotopic (exact) mass is 252 g/mol. The van der Waals surface area contributed by atoms with Crippen molar-refractivity contribution >= 4 is 16.8 Å². The van der Waals surface area contributed by atoms with Crippen molar-refractivity contribution in [3.63, 3.8) is 0 Å². The summed E-state index contributed by atoms with van der Waals surface area (Å²) >= 11 is 4.64. The Morgan fingerprint density at radius 2 is 1.81 bits per heavy atom. The highest BCUT2D eigenvalue weighted by molar-refractivity contribution is 6.62. The number of hydrogen-bond acceptors (Lipinski definition) is 2. The molecule has 1 aliphatic carbocycles. The third kappa shape index (κ3) is 8.08. The molecule has 0 amide bonds. The second-order valence-electron chi connectivity index (χ2n) is 4.86. The molecule has 16 heavy (non-hydrogen) atoms. The van der Waals surface area contributed by atoms with Gasteiger partial charge in [-0.2, -0.15) is 0 Å². The van der Waals surface area contributed by atoms with E-state index in [1.807, 2.05) is 0 Å². The van der Waals surface area contributed by atoms with Crippen LogP contribution in [0.4, 0.5) is 0 Å². The fourth-order valence-corrected chi connectivity index (χ4v) is 2.15. The maximum Gasteiger partial charge on any atom is 0.218 e. The molecule has 0 saturated heterocycles. The molecule has 3 nitrogen and oxygen atoms in total. The topological polar surface area (TPSA) is 68.8 Å². The lowest BCUT2D eigenvalue weighted by molar-refractivity contribution is -0.109. The molecule has 0 radical (unpaired) electrons. The lowest BCUT2D eigenvalue weighted by atomic mass is 9.75. The molecule has 3 N–H and O–H groups in total. The number of hydrogen-bond donors (Lipinski definition) is 1. The summed E-state index contributed by atoms with van der Waals surface area (Å²) in [5, 5.41) is 9.35. The first-order chi connectivity index (χ1) is 6.84. The molecular formula is C12H25ClO3. The van der Waals surface area contributed by atoms with Gasteiger partial charge in [-0.1, -0.05) is 27.2 Å². The van der Waals surface area contributed by atoms with Gasteiger partial charge in [0, 0.05) is 6.92 Å². The summed E-state index contributed by atoms with van der Waals surface area (Å²) in [5.41, 5.74) is 0. The van der Waals surface area contributed by atoms with Gasteiger partial charge in [0.25, 0.3) is 0 Å². The molecule has 4 heteroatoms. The van der Waals surface area contributed by atoms with Crippen LogP contribution < -0.4 is 0 Å². The van der Waals surface area contributed by atoms with Gasteiger partial charge in [-0.3, -0.25) is 4.79 Å². The first-order valence-corrected chi connectivity index (χ1v) is 6.06. The average molecular weight is 253 g/mol. The Balaban J connectivity index is 0. The van der Waals surface area contributed by atoms with Gasteiger partial charge in [0.1, 0.15) is 0 Å². The lowest BCUT2D eigenvalue weighted by Gasteiger charge is -2.33. The quantitative estimate of drug-likeness (QED) is 0.728. The van der Waals surface area contributed by atoms with Crippen molar-refractivity contribution in [2.24, 2.45) is 17.8 Å². The van der Waals surface area contributed by atoms with Crippen molar-refractivity contribution in [2.45, 2.75) is 53.1 Å². The van der Waals surface area contributed by atoms with E-state index in [0.29, 0.717) is 11.8 Å². The number of halogens is 1. The fraction of sp³-hybridized carbons (Fsp3) is 0.917. The Kier molecular flexibility index (Phi) is 10.2. The molecule has 98 valence electrons. The summed E-state index contributed by atoms with van der Waals surface area (Å²) in [6.45, 7) is 7.95. The molecule has 0 spiro atoms. The molecule has 0 aliphatic heterocycles. The number of aliphatic hydroxyl groups is 1. The largest absolute Gasteiger partial charge is 0.412 e. The van der Waals surface area contributed by atoms with E-state index < -0.39 is 0 Å². The minimum atomic E-state index is -0.361. The molecule has 0 aromatic heterocycles. The highest BCUT2D eigenvalue weighted by atomic mass is 35.5. The van der Waals surface area contributed by atoms with Gasteiger partial charge < -0.3 is 10.6 Å². The van der Waals surface area contributed by atoms with Crippen LogP contribution in [0.5, 0.6) is 0 Å². The summed E-state index contributed by atoms with van der Waals surface area (Å²) < 4.78 is 0. The molecule has 1 rings (SSSR count). The van der Waals surface area contributed by atoms with Gasteiger partial charge >= 0.3 is 0 Å². The van der Waals surface area contributed by atoms with Crippen LogP contribution >= 0.6 is 11.6 Å². The van der Waals surface area contributed by atoms with Crippen LogP contribution in [0, 0.1) is 17.8 Å². The van der Waals surface area contributed by atoms with Crippen LogP contribution in [0.3, 0.4) is 0 Å². The standard InChI is InChI=1S/C10H20O.C2H3ClO.H2O/c1-7(2)9-5-4-8(3)6-10(9)11;1-2(3)4;/h7-11H,4-6H2,1-3H3;1H3;1H2. The Morgan fingerprint density at radius 3 is 2.12 bits per heavy atom. The molecule has 0 aromatic carbocycles. The molecule has 1 aliphatic rings. The van der Waals surface area contributed by atoms with Gasteiger partial charge in [0.05, 0.1) is 6.10 Å². The number of aliphatic hydroxyl groups excluding tert-OH is 1. The fourth-order valence-electron chi connectivity index (χ4n) is 2.15. The van der Waals surface area contributed by atoms with Gasteiger partial charge in [-0.15, -0.1) is 0 Å². The van der Waals surface area contributed by atoms with Gasteiger partial charge in [0.2, 0.25) is 5.24 Å². The average Bonchev–Trinajstić information content (AvgIpc) is 2.01. The van der Waals surface area contributed by atoms with E-state index in [1.165, 1.54) is 19.8 Å². The predicted molar refractivity (Wildman–Crippen MR) is 67.5 cm³/mol. The SMILES string of the molecule is CC(=O)Cl.CC1CCC(C(C)C)C(O)C1.O. The summed E-state index contributed by atoms with van der Waals surface area (Å²) in [6, 6.07) is 0. The second-order valence-corrected chi connectivity index (χ2v) is 5.40. The maximum absolute atomic E-state index is 9.71. The van der Waals surface area contributed by atoms with Crippen molar-refractivity contribution in [3.05, 3.63) is 0 Å². The molecule has 3 atom stereocenters. The van der Waals surface area contributed by atoms with E-state index in [1.54, 1.807) is 0 Å². The van der Waals surface area contributed by atoms with Crippen molar-refractivity contribution in [2.75, 3.05) is 0 Å². The molecule has 1 saturated carbocycles. The zero-order valence-electron chi connectivity index (χ0n) is 10.7. The van der Waals surface area contributed by atoms with E-state index in [-0.39, 0.29) is 16.8 Å². The zero-order chi connectivity index (χ0) is 12.0. The number of carbonyl (C=O) groups excluding carboxylic acids is 1. The van der Waals surface area contributed by atoms with Crippen molar-refractivity contribution in [3.8, 4) is 0 Å². The van der Waals surface area contributed by atoms with Crippen LogP contribution in [-0.2, 0) is 4.79 Å². The molecule has 0 aromatic rings. The molecular weight excluding hydrogens is 228 g/mol. The van der Waals surface area contributed by atoms with Crippen molar-refractivity contribution < 1.29 is 15.4 Å². The predicted octanol–water partition coefficient (Wildman–Crippen LogP) is 2.39. The molecule has 0 bridgehead atoms. The second kappa shape index (κ2) is 8.97. The third-order valence-electron chi connectivity index (χ3n) is 2.99. The van der Waals surface area contributed by atoms with Crippen molar-refractivity contribution in [1.82, 2.24) is 0 Å². The van der Waals surface area contributed by atoms with Crippen LogP contribution in [-0.4, -0.2) is 21.9 Å². The van der Waals surface area contributed by atoms with E-state index in [4.69, 9.17) is 0 Å². The summed E-state index contributed by atoms with van der Waals surface area (Å²) in [6.07, 6.45) is 3.52. The summed E-state index contributed by atoms with van der Waals surface area (Å²) in [5.74, 6) is 1.95. The Hall–Kier alpha value is -0.120. The van der Waals surface area contributed by atoms with E-state index in [2.05, 4.69) is 32.4 Å². The highest BCUT2D eigenvalue weighted by Crippen LogP contribution is 2.33. The minimum absolute atomic E-state index is 0. The Morgan fingerprint density at radius 1 is 1.38 bits per heavy atom. The first kappa shape index (κ1) is 18.3. The maximum atomic E-state index is 9.71. The number of carbonyl (C=O) groups is 1. The zero-order valence-corrected chi connectivity index (χ0v) is 11.4. The molecule has 1 fully saturated rings. The minimum Gasteiger partial charge on any atom is -0.412 e. The number of rotatable bonds is 1. The van der Waals surface area contributed by atoms with Crippen LogP contribution in [0.25, 0.3) is 0 Å². The Bertz CT molecular complexity index is 191. The normalized spacial score (nSPS) is 28.8. The third-order valence-corrected chi connectivity index (χ3v) is 2.99. The van der Waals surface area contributed by atoms with E-state index in [9.17, 15) is 9.90 Å². The summed E-state index contributed by atoms with van der Waals surface area (Å²) in [4.78, 5) is 9.21. The van der Waals surface area contributed by atoms with E-state index in [0.717, 1.165) is 12.3 Å². The van der Waals surface area contributed by atoms with Crippen LogP contribution in [0.2, 0.25) is 0 Å². The van der Waals surface area contributed by atoms with Gasteiger partial charge in [-0.25, -0.2) is 0 Å². The molecule has 0 heterocycles. The van der Waals surface area contributed by atoms with Gasteiger partial charge in [-0.05, 0) is 42.2 Å². The highest BCUT2D eigenvalue weighted by Gasteiger charge is 2.28. The van der Waals surface area contributed by atoms with Crippen LogP contribution in [0.15, 0.2) is 0 Å². The first-order valence-electron chi connectivity index (χ1n) is 5.68. The molecule has 3 unspecified atom stereocenters. The summed E-state index contributed by atoms with van der Waals surface area (Å²) in [7, 11) is 0. The van der Waals surface area contributed by atoms with Gasteiger partial charge in [0.15, 0.2) is 0 Å². The van der Waals surface area contributed by atoms with E-state index >= 15 is 0 Å². The van der Waals surface area contributed by atoms with Crippen LogP contribution in [0.1, 0.15) is 47.0 Å². The smallest absolute Gasteiger partial charge is 0.218 e. The lowest BCUT2D eigenvalue weighted by Crippen LogP contribution is -2.31. The Labute approximate surface area is 103 Å².